The van der Waals surface area contributed by atoms with Crippen LogP contribution in [0.2, 0.25) is 10.0 Å². The normalized spacial score (nSPS) is 12.7. The first-order chi connectivity index (χ1) is 15.0. The zero-order valence-corrected chi connectivity index (χ0v) is 20.2. The van der Waals surface area contributed by atoms with Gasteiger partial charge < -0.3 is 9.47 Å². The molecule has 0 saturated heterocycles. The third kappa shape index (κ3) is 7.24. The van der Waals surface area contributed by atoms with Crippen molar-refractivity contribution < 1.29 is 32.2 Å². The zero-order chi connectivity index (χ0) is 25.2. The van der Waals surface area contributed by atoms with E-state index in [0.717, 1.165) is 24.3 Å². The van der Waals surface area contributed by atoms with Crippen LogP contribution >= 0.6 is 23.2 Å². The van der Waals surface area contributed by atoms with E-state index in [0.29, 0.717) is 5.56 Å². The van der Waals surface area contributed by atoms with Crippen molar-refractivity contribution in [3.63, 3.8) is 0 Å². The van der Waals surface area contributed by atoms with Gasteiger partial charge in [-0.3, -0.25) is 4.79 Å². The highest BCUT2D eigenvalue weighted by molar-refractivity contribution is 6.43. The summed E-state index contributed by atoms with van der Waals surface area (Å²) in [5.74, 6) is -0.959. The second kappa shape index (κ2) is 9.77. The number of carbonyl (C=O) groups excluding carboxylic acids is 2. The minimum absolute atomic E-state index is 0.0254. The summed E-state index contributed by atoms with van der Waals surface area (Å²) in [6.07, 6.45) is -1.92. The van der Waals surface area contributed by atoms with Gasteiger partial charge in [0.15, 0.2) is 11.4 Å². The first-order valence-electron chi connectivity index (χ1n) is 9.81. The van der Waals surface area contributed by atoms with Crippen LogP contribution in [0.25, 0.3) is 6.08 Å². The molecular formula is C24H23Cl2F3O4. The van der Waals surface area contributed by atoms with Crippen LogP contribution < -0.4 is 4.74 Å². The van der Waals surface area contributed by atoms with Gasteiger partial charge in [0, 0.05) is 5.56 Å². The molecule has 4 nitrogen and oxygen atoms in total. The quantitative estimate of drug-likeness (QED) is 0.234. The molecule has 0 radical (unpaired) electrons. The summed E-state index contributed by atoms with van der Waals surface area (Å²) in [5.41, 5.74) is -2.43. The molecule has 0 amide bonds. The standard InChI is InChI=1S/C24H23Cl2F3O4/c1-22(2,3)33-21(31)23(4,5)32-18-13-9-15(19(25)20(18)26)8-12-17(30)14-6-10-16(11-7-14)24(27,28)29/h6-13H,1-5H3/b12-8+. The van der Waals surface area contributed by atoms with Gasteiger partial charge in [0.2, 0.25) is 0 Å². The van der Waals surface area contributed by atoms with Crippen LogP contribution in [0.5, 0.6) is 5.75 Å². The van der Waals surface area contributed by atoms with Crippen LogP contribution in [0.4, 0.5) is 13.2 Å². The Hall–Kier alpha value is -2.51. The molecule has 0 N–H and O–H groups in total. The Labute approximate surface area is 200 Å². The number of ether oxygens (including phenoxy) is 2. The molecule has 0 spiro atoms. The summed E-state index contributed by atoms with van der Waals surface area (Å²) in [5, 5.41) is 0.100. The molecule has 0 aliphatic rings. The van der Waals surface area contributed by atoms with Crippen LogP contribution in [0.15, 0.2) is 42.5 Å². The highest BCUT2D eigenvalue weighted by Crippen LogP contribution is 2.37. The van der Waals surface area contributed by atoms with Gasteiger partial charge >= 0.3 is 12.1 Å². The number of hydrogen-bond acceptors (Lipinski definition) is 4. The Bertz CT molecular complexity index is 1070. The fourth-order valence-corrected chi connectivity index (χ4v) is 2.99. The number of benzene rings is 2. The Kier molecular flexibility index (Phi) is 7.92. The molecule has 0 heterocycles. The summed E-state index contributed by atoms with van der Waals surface area (Å²) in [4.78, 5) is 24.7. The van der Waals surface area contributed by atoms with Crippen molar-refractivity contribution in [2.24, 2.45) is 0 Å². The van der Waals surface area contributed by atoms with Gasteiger partial charge in [-0.15, -0.1) is 0 Å². The average Bonchev–Trinajstić information content (AvgIpc) is 2.68. The fourth-order valence-electron chi connectivity index (χ4n) is 2.56. The van der Waals surface area contributed by atoms with Crippen molar-refractivity contribution in [3.05, 3.63) is 69.2 Å². The van der Waals surface area contributed by atoms with E-state index in [1.165, 1.54) is 38.1 Å². The Morgan fingerprint density at radius 2 is 1.45 bits per heavy atom. The third-order valence-corrected chi connectivity index (χ3v) is 5.12. The molecule has 0 aromatic heterocycles. The van der Waals surface area contributed by atoms with Gasteiger partial charge in [-0.2, -0.15) is 13.2 Å². The molecule has 0 atom stereocenters. The second-order valence-electron chi connectivity index (χ2n) is 8.67. The van der Waals surface area contributed by atoms with E-state index in [4.69, 9.17) is 32.7 Å². The van der Waals surface area contributed by atoms with Gasteiger partial charge in [0.25, 0.3) is 0 Å². The Morgan fingerprint density at radius 3 is 1.97 bits per heavy atom. The number of ketones is 1. The topological polar surface area (TPSA) is 52.6 Å². The van der Waals surface area contributed by atoms with Gasteiger partial charge in [-0.05, 0) is 76.6 Å². The Balaban J connectivity index is 2.19. The molecule has 2 aromatic rings. The molecule has 33 heavy (non-hydrogen) atoms. The van der Waals surface area contributed by atoms with Crippen molar-refractivity contribution in [2.45, 2.75) is 52.0 Å². The minimum atomic E-state index is -4.48. The summed E-state index contributed by atoms with van der Waals surface area (Å²) in [6.45, 7) is 8.26. The number of carbonyl (C=O) groups is 2. The molecule has 0 unspecified atom stereocenters. The maximum absolute atomic E-state index is 12.7. The highest BCUT2D eigenvalue weighted by atomic mass is 35.5. The average molecular weight is 503 g/mol. The summed E-state index contributed by atoms with van der Waals surface area (Å²) in [7, 11) is 0. The van der Waals surface area contributed by atoms with E-state index >= 15 is 0 Å². The van der Waals surface area contributed by atoms with Crippen molar-refractivity contribution in [1.29, 1.82) is 0 Å². The fraction of sp³-hybridized carbons (Fsp3) is 0.333. The third-order valence-electron chi connectivity index (χ3n) is 4.24. The lowest BCUT2D eigenvalue weighted by Crippen LogP contribution is -2.43. The first kappa shape index (κ1) is 26.7. The van der Waals surface area contributed by atoms with E-state index in [1.807, 2.05) is 0 Å². The van der Waals surface area contributed by atoms with Crippen LogP contribution in [0, 0.1) is 0 Å². The number of esters is 1. The Morgan fingerprint density at radius 1 is 0.879 bits per heavy atom. The molecule has 0 aliphatic heterocycles. The number of allylic oxidation sites excluding steroid dienone is 1. The summed E-state index contributed by atoms with van der Waals surface area (Å²) < 4.78 is 49.1. The van der Waals surface area contributed by atoms with Crippen LogP contribution in [-0.4, -0.2) is 23.0 Å². The van der Waals surface area contributed by atoms with Crippen molar-refractivity contribution >= 4 is 41.0 Å². The zero-order valence-electron chi connectivity index (χ0n) is 18.6. The van der Waals surface area contributed by atoms with Crippen molar-refractivity contribution in [2.75, 3.05) is 0 Å². The summed E-state index contributed by atoms with van der Waals surface area (Å²) >= 11 is 12.6. The molecular weight excluding hydrogens is 480 g/mol. The predicted molar refractivity (Wildman–Crippen MR) is 122 cm³/mol. The summed E-state index contributed by atoms with van der Waals surface area (Å²) in [6, 6.07) is 6.89. The molecule has 0 bridgehead atoms. The molecule has 0 fully saturated rings. The van der Waals surface area contributed by atoms with E-state index in [9.17, 15) is 22.8 Å². The minimum Gasteiger partial charge on any atom is -0.475 e. The van der Waals surface area contributed by atoms with Gasteiger partial charge in [0.1, 0.15) is 16.4 Å². The molecule has 2 rings (SSSR count). The molecule has 2 aromatic carbocycles. The molecule has 0 aliphatic carbocycles. The number of rotatable bonds is 6. The highest BCUT2D eigenvalue weighted by Gasteiger charge is 2.35. The van der Waals surface area contributed by atoms with Crippen molar-refractivity contribution in [3.8, 4) is 5.75 Å². The van der Waals surface area contributed by atoms with E-state index < -0.39 is 34.7 Å². The molecule has 9 heteroatoms. The van der Waals surface area contributed by atoms with E-state index in [1.54, 1.807) is 20.8 Å². The number of halogens is 5. The van der Waals surface area contributed by atoms with Gasteiger partial charge in [-0.25, -0.2) is 4.79 Å². The number of alkyl halides is 3. The predicted octanol–water partition coefficient (Wildman–Crippen LogP) is 7.41. The first-order valence-corrected chi connectivity index (χ1v) is 10.6. The maximum Gasteiger partial charge on any atom is 0.416 e. The van der Waals surface area contributed by atoms with E-state index in [-0.39, 0.29) is 21.4 Å². The van der Waals surface area contributed by atoms with Crippen LogP contribution in [0.3, 0.4) is 0 Å². The maximum atomic E-state index is 12.7. The van der Waals surface area contributed by atoms with Crippen molar-refractivity contribution in [1.82, 2.24) is 0 Å². The largest absolute Gasteiger partial charge is 0.475 e. The molecule has 0 saturated carbocycles. The SMILES string of the molecule is CC(C)(C)OC(=O)C(C)(C)Oc1ccc(/C=C/C(=O)c2ccc(C(F)(F)F)cc2)c(Cl)c1Cl. The smallest absolute Gasteiger partial charge is 0.416 e. The second-order valence-corrected chi connectivity index (χ2v) is 9.42. The number of hydrogen-bond donors (Lipinski definition) is 0. The van der Waals surface area contributed by atoms with Gasteiger partial charge in [0.05, 0.1) is 10.6 Å². The van der Waals surface area contributed by atoms with Crippen LogP contribution in [-0.2, 0) is 15.7 Å². The van der Waals surface area contributed by atoms with E-state index in [2.05, 4.69) is 0 Å². The molecule has 178 valence electrons. The lowest BCUT2D eigenvalue weighted by Gasteiger charge is -2.29. The lowest BCUT2D eigenvalue weighted by molar-refractivity contribution is -0.170. The van der Waals surface area contributed by atoms with Crippen LogP contribution in [0.1, 0.15) is 56.1 Å². The lowest BCUT2D eigenvalue weighted by atomic mass is 10.1. The monoisotopic (exact) mass is 502 g/mol. The van der Waals surface area contributed by atoms with Gasteiger partial charge in [-0.1, -0.05) is 35.3 Å².